The van der Waals surface area contributed by atoms with Crippen LogP contribution in [0.2, 0.25) is 0 Å². The predicted octanol–water partition coefficient (Wildman–Crippen LogP) is 4.00. The Morgan fingerprint density at radius 1 is 1.33 bits per heavy atom. The number of aliphatic hydroxyl groups excluding tert-OH is 1. The van der Waals surface area contributed by atoms with Crippen molar-refractivity contribution in [2.75, 3.05) is 5.75 Å². The number of carbonyl (C=O) groups excluding carboxylic acids is 1. The molecule has 1 aliphatic rings. The van der Waals surface area contributed by atoms with Crippen LogP contribution in [0.5, 0.6) is 0 Å². The van der Waals surface area contributed by atoms with Crippen LogP contribution in [0.1, 0.15) is 24.8 Å². The molecule has 114 valence electrons. The molecule has 1 aromatic rings. The molecule has 1 unspecified atom stereocenters. The van der Waals surface area contributed by atoms with E-state index in [-0.39, 0.29) is 17.5 Å². The third kappa shape index (κ3) is 4.77. The Kier molecular flexibility index (Phi) is 4.92. The van der Waals surface area contributed by atoms with Crippen LogP contribution < -0.4 is 0 Å². The maximum absolute atomic E-state index is 12.4. The van der Waals surface area contributed by atoms with Gasteiger partial charge in [0.25, 0.3) is 0 Å². The molecule has 1 atom stereocenters. The zero-order valence-electron chi connectivity index (χ0n) is 11.1. The molecule has 3 nitrogen and oxygen atoms in total. The van der Waals surface area contributed by atoms with Crippen molar-refractivity contribution in [3.8, 4) is 0 Å². The molecule has 0 saturated carbocycles. The van der Waals surface area contributed by atoms with Gasteiger partial charge in [0.15, 0.2) is 5.78 Å². The number of rotatable bonds is 4. The first-order valence-electron chi connectivity index (χ1n) is 6.43. The second-order valence-corrected chi connectivity index (χ2v) is 6.01. The van der Waals surface area contributed by atoms with Crippen LogP contribution in [0.3, 0.4) is 0 Å². The summed E-state index contributed by atoms with van der Waals surface area (Å²) in [6, 6.07) is 2.35. The molecule has 0 fully saturated rings. The van der Waals surface area contributed by atoms with Crippen molar-refractivity contribution in [1.29, 1.82) is 0 Å². The number of hydrogen-bond acceptors (Lipinski definition) is 4. The van der Waals surface area contributed by atoms with E-state index >= 15 is 0 Å². The number of pyridine rings is 1. The average molecular weight is 317 g/mol. The summed E-state index contributed by atoms with van der Waals surface area (Å²) >= 11 is 1.35. The van der Waals surface area contributed by atoms with Gasteiger partial charge in [0.05, 0.1) is 16.3 Å². The van der Waals surface area contributed by atoms with Gasteiger partial charge in [-0.15, -0.1) is 11.8 Å². The van der Waals surface area contributed by atoms with Crippen LogP contribution in [0.15, 0.2) is 35.2 Å². The minimum atomic E-state index is -4.37. The van der Waals surface area contributed by atoms with Gasteiger partial charge in [-0.1, -0.05) is 0 Å². The fourth-order valence-electron chi connectivity index (χ4n) is 2.12. The van der Waals surface area contributed by atoms with Crippen LogP contribution in [-0.2, 0) is 11.0 Å². The Morgan fingerprint density at radius 3 is 2.67 bits per heavy atom. The minimum Gasteiger partial charge on any atom is -0.512 e. The fourth-order valence-corrected chi connectivity index (χ4v) is 3.08. The molecule has 21 heavy (non-hydrogen) atoms. The van der Waals surface area contributed by atoms with Gasteiger partial charge >= 0.3 is 6.18 Å². The quantitative estimate of drug-likeness (QED) is 0.853. The van der Waals surface area contributed by atoms with Crippen molar-refractivity contribution in [3.63, 3.8) is 0 Å². The molecule has 0 saturated heterocycles. The molecule has 1 heterocycles. The van der Waals surface area contributed by atoms with Crippen LogP contribution in [0.25, 0.3) is 0 Å². The lowest BCUT2D eigenvalue weighted by Crippen LogP contribution is -2.14. The Hall–Kier alpha value is -1.50. The van der Waals surface area contributed by atoms with E-state index in [1.807, 2.05) is 0 Å². The predicted molar refractivity (Wildman–Crippen MR) is 73.0 cm³/mol. The van der Waals surface area contributed by atoms with E-state index < -0.39 is 11.7 Å². The van der Waals surface area contributed by atoms with Gasteiger partial charge in [-0.25, -0.2) is 4.98 Å². The van der Waals surface area contributed by atoms with Crippen molar-refractivity contribution in [2.45, 2.75) is 30.5 Å². The number of alkyl halides is 3. The van der Waals surface area contributed by atoms with Gasteiger partial charge in [0.2, 0.25) is 0 Å². The normalized spacial score (nSPS) is 19.5. The lowest BCUT2D eigenvalue weighted by atomic mass is 9.90. The van der Waals surface area contributed by atoms with Gasteiger partial charge in [-0.05, 0) is 30.2 Å². The maximum Gasteiger partial charge on any atom is 0.417 e. The first-order chi connectivity index (χ1) is 9.84. The molecule has 2 rings (SSSR count). The number of thioether (sulfide) groups is 1. The molecule has 1 N–H and O–H groups in total. The van der Waals surface area contributed by atoms with Crippen molar-refractivity contribution >= 4 is 17.5 Å². The molecule has 0 radical (unpaired) electrons. The lowest BCUT2D eigenvalue weighted by Gasteiger charge is -2.18. The van der Waals surface area contributed by atoms with Gasteiger partial charge < -0.3 is 5.11 Å². The molecule has 0 amide bonds. The van der Waals surface area contributed by atoms with E-state index in [1.54, 1.807) is 0 Å². The number of ketones is 1. The standard InChI is InChI=1S/C14H14F3NO2S/c15-14(16,17)10-1-2-13(18-8-10)21-4-3-9-5-11(19)7-12(20)6-9/h1-2,7-9,19H,3-6H2. The smallest absolute Gasteiger partial charge is 0.417 e. The van der Waals surface area contributed by atoms with Gasteiger partial charge in [0, 0.05) is 25.1 Å². The second kappa shape index (κ2) is 6.51. The van der Waals surface area contributed by atoms with Crippen LogP contribution in [0.4, 0.5) is 13.2 Å². The third-order valence-corrected chi connectivity index (χ3v) is 4.13. The van der Waals surface area contributed by atoms with Crippen molar-refractivity contribution in [1.82, 2.24) is 4.98 Å². The molecule has 0 spiro atoms. The van der Waals surface area contributed by atoms with E-state index in [0.29, 0.717) is 30.0 Å². The Bertz CT molecular complexity index is 540. The maximum atomic E-state index is 12.4. The van der Waals surface area contributed by atoms with E-state index in [2.05, 4.69) is 4.98 Å². The number of halogens is 3. The fraction of sp³-hybridized carbons (Fsp3) is 0.429. The summed E-state index contributed by atoms with van der Waals surface area (Å²) in [6.45, 7) is 0. The summed E-state index contributed by atoms with van der Waals surface area (Å²) in [5, 5.41) is 9.91. The molecule has 1 aliphatic carbocycles. The summed E-state index contributed by atoms with van der Waals surface area (Å²) in [5.41, 5.74) is -0.764. The van der Waals surface area contributed by atoms with Crippen LogP contribution in [-0.4, -0.2) is 21.6 Å². The van der Waals surface area contributed by atoms with Crippen LogP contribution in [0, 0.1) is 5.92 Å². The molecule has 0 bridgehead atoms. The van der Waals surface area contributed by atoms with Gasteiger partial charge in [0.1, 0.15) is 0 Å². The molecule has 0 aliphatic heterocycles. The number of allylic oxidation sites excluding steroid dienone is 2. The highest BCUT2D eigenvalue weighted by Crippen LogP contribution is 2.30. The van der Waals surface area contributed by atoms with Gasteiger partial charge in [-0.3, -0.25) is 4.79 Å². The zero-order valence-corrected chi connectivity index (χ0v) is 11.9. The Labute approximate surface area is 124 Å². The largest absolute Gasteiger partial charge is 0.512 e. The monoisotopic (exact) mass is 317 g/mol. The van der Waals surface area contributed by atoms with E-state index in [9.17, 15) is 23.1 Å². The molecule has 7 heteroatoms. The number of aromatic nitrogens is 1. The highest BCUT2D eigenvalue weighted by molar-refractivity contribution is 7.99. The SMILES string of the molecule is O=C1C=C(O)CC(CCSc2ccc(C(F)(F)F)cn2)C1. The average Bonchev–Trinajstić information content (AvgIpc) is 2.37. The Morgan fingerprint density at radius 2 is 2.10 bits per heavy atom. The highest BCUT2D eigenvalue weighted by atomic mass is 32.2. The van der Waals surface area contributed by atoms with E-state index in [4.69, 9.17) is 0 Å². The van der Waals surface area contributed by atoms with E-state index in [1.165, 1.54) is 23.9 Å². The zero-order chi connectivity index (χ0) is 15.5. The summed E-state index contributed by atoms with van der Waals surface area (Å²) in [7, 11) is 0. The van der Waals surface area contributed by atoms with Crippen molar-refractivity contribution in [3.05, 3.63) is 35.7 Å². The van der Waals surface area contributed by atoms with Gasteiger partial charge in [-0.2, -0.15) is 13.2 Å². The number of nitrogens with zero attached hydrogens (tertiary/aromatic N) is 1. The first-order valence-corrected chi connectivity index (χ1v) is 7.41. The first kappa shape index (κ1) is 15.9. The molecular weight excluding hydrogens is 303 g/mol. The summed E-state index contributed by atoms with van der Waals surface area (Å²) in [4.78, 5) is 15.1. The number of aliphatic hydroxyl groups is 1. The summed E-state index contributed by atoms with van der Waals surface area (Å²) in [5.74, 6) is 0.753. The minimum absolute atomic E-state index is 0.0820. The van der Waals surface area contributed by atoms with E-state index in [0.717, 1.165) is 12.3 Å². The molecule has 1 aromatic heterocycles. The number of hydrogen-bond donors (Lipinski definition) is 1. The second-order valence-electron chi connectivity index (χ2n) is 4.90. The topological polar surface area (TPSA) is 50.2 Å². The van der Waals surface area contributed by atoms with Crippen molar-refractivity contribution in [2.24, 2.45) is 5.92 Å². The molecular formula is C14H14F3NO2S. The molecule has 0 aromatic carbocycles. The van der Waals surface area contributed by atoms with Crippen LogP contribution >= 0.6 is 11.8 Å². The highest BCUT2D eigenvalue weighted by Gasteiger charge is 2.30. The Balaban J connectivity index is 1.81. The summed E-state index contributed by atoms with van der Waals surface area (Å²) in [6.07, 6.45) is -0.709. The number of carbonyl (C=O) groups is 1. The lowest BCUT2D eigenvalue weighted by molar-refractivity contribution is -0.137. The third-order valence-electron chi connectivity index (χ3n) is 3.15. The van der Waals surface area contributed by atoms with Crippen molar-refractivity contribution < 1.29 is 23.1 Å². The summed E-state index contributed by atoms with van der Waals surface area (Å²) < 4.78 is 37.1.